The van der Waals surface area contributed by atoms with E-state index in [4.69, 9.17) is 10.7 Å². The van der Waals surface area contributed by atoms with Gasteiger partial charge in [0.1, 0.15) is 5.60 Å². The highest BCUT2D eigenvalue weighted by Crippen LogP contribution is 2.21. The monoisotopic (exact) mass is 169 g/mol. The predicted molar refractivity (Wildman–Crippen MR) is 46.2 cm³/mol. The van der Waals surface area contributed by atoms with Gasteiger partial charge >= 0.3 is 0 Å². The van der Waals surface area contributed by atoms with Crippen molar-refractivity contribution in [1.82, 2.24) is 9.55 Å². The van der Waals surface area contributed by atoms with E-state index in [9.17, 15) is 0 Å². The van der Waals surface area contributed by atoms with E-state index in [0.29, 0.717) is 0 Å². The molecule has 0 aliphatic heterocycles. The van der Waals surface area contributed by atoms with Gasteiger partial charge in [-0.25, -0.2) is 10.9 Å². The normalized spacial score (nSPS) is 12.0. The summed E-state index contributed by atoms with van der Waals surface area (Å²) in [7, 11) is 0. The summed E-state index contributed by atoms with van der Waals surface area (Å²) in [5.41, 5.74) is 0.527. The first kappa shape index (κ1) is 9.22. The van der Waals surface area contributed by atoms with Gasteiger partial charge in [-0.3, -0.25) is 4.84 Å². The summed E-state index contributed by atoms with van der Waals surface area (Å²) >= 11 is 0. The van der Waals surface area contributed by atoms with E-state index in [1.54, 1.807) is 12.5 Å². The number of rotatable bonds is 3. The lowest BCUT2D eigenvalue weighted by Gasteiger charge is -2.22. The fourth-order valence-corrected chi connectivity index (χ4v) is 1.13. The second-order valence-electron chi connectivity index (χ2n) is 3.19. The molecule has 0 spiro atoms. The molecule has 0 unspecified atom stereocenters. The standard InChI is InChI=1S/C8H15N3O/c1-4-11-6-10-5-7(11)8(2,3)12-9/h5-6H,4,9H2,1-3H3. The van der Waals surface area contributed by atoms with Crippen LogP contribution in [-0.4, -0.2) is 9.55 Å². The molecular weight excluding hydrogens is 154 g/mol. The second-order valence-corrected chi connectivity index (χ2v) is 3.19. The van der Waals surface area contributed by atoms with Crippen molar-refractivity contribution in [1.29, 1.82) is 0 Å². The summed E-state index contributed by atoms with van der Waals surface area (Å²) in [4.78, 5) is 8.90. The third kappa shape index (κ3) is 1.49. The largest absolute Gasteiger partial charge is 0.332 e. The Labute approximate surface area is 72.3 Å². The maximum atomic E-state index is 5.18. The van der Waals surface area contributed by atoms with Crippen LogP contribution >= 0.6 is 0 Å². The van der Waals surface area contributed by atoms with Crippen LogP contribution < -0.4 is 5.90 Å². The van der Waals surface area contributed by atoms with E-state index in [-0.39, 0.29) is 0 Å². The lowest BCUT2D eigenvalue weighted by atomic mass is 10.1. The Hall–Kier alpha value is -0.870. The van der Waals surface area contributed by atoms with E-state index in [1.165, 1.54) is 0 Å². The Kier molecular flexibility index (Phi) is 2.49. The van der Waals surface area contributed by atoms with E-state index >= 15 is 0 Å². The Morgan fingerprint density at radius 1 is 1.67 bits per heavy atom. The minimum atomic E-state index is -0.466. The van der Waals surface area contributed by atoms with Gasteiger partial charge in [-0.1, -0.05) is 0 Å². The van der Waals surface area contributed by atoms with Crippen LogP contribution in [0.25, 0.3) is 0 Å². The van der Waals surface area contributed by atoms with Crippen molar-refractivity contribution in [2.24, 2.45) is 5.90 Å². The first-order valence-corrected chi connectivity index (χ1v) is 4.00. The average molecular weight is 169 g/mol. The lowest BCUT2D eigenvalue weighted by molar-refractivity contribution is -0.0292. The molecule has 0 bridgehead atoms. The molecule has 4 heteroatoms. The van der Waals surface area contributed by atoms with Crippen LogP contribution in [0.15, 0.2) is 12.5 Å². The summed E-state index contributed by atoms with van der Waals surface area (Å²) < 4.78 is 2.01. The van der Waals surface area contributed by atoms with Gasteiger partial charge in [-0.15, -0.1) is 0 Å². The van der Waals surface area contributed by atoms with Gasteiger partial charge in [0, 0.05) is 6.54 Å². The summed E-state index contributed by atoms with van der Waals surface area (Å²) in [6.45, 7) is 6.76. The van der Waals surface area contributed by atoms with Gasteiger partial charge in [0.25, 0.3) is 0 Å². The van der Waals surface area contributed by atoms with E-state index in [0.717, 1.165) is 12.2 Å². The van der Waals surface area contributed by atoms with Crippen LogP contribution in [0.5, 0.6) is 0 Å². The molecule has 4 nitrogen and oxygen atoms in total. The molecule has 12 heavy (non-hydrogen) atoms. The Balaban J connectivity index is 3.00. The molecule has 0 radical (unpaired) electrons. The highest BCUT2D eigenvalue weighted by Gasteiger charge is 2.24. The molecule has 2 N–H and O–H groups in total. The highest BCUT2D eigenvalue weighted by molar-refractivity contribution is 5.07. The molecule has 0 saturated heterocycles. The van der Waals surface area contributed by atoms with Crippen LogP contribution in [0.3, 0.4) is 0 Å². The van der Waals surface area contributed by atoms with Crippen LogP contribution in [0.2, 0.25) is 0 Å². The SMILES string of the molecule is CCn1cncc1C(C)(C)ON. The molecular formula is C8H15N3O. The molecule has 1 rings (SSSR count). The summed E-state index contributed by atoms with van der Waals surface area (Å²) in [6.07, 6.45) is 3.55. The number of aryl methyl sites for hydroxylation is 1. The van der Waals surface area contributed by atoms with Crippen molar-refractivity contribution in [3.05, 3.63) is 18.2 Å². The van der Waals surface area contributed by atoms with Crippen molar-refractivity contribution in [2.45, 2.75) is 32.9 Å². The Morgan fingerprint density at radius 3 is 2.83 bits per heavy atom. The first-order valence-electron chi connectivity index (χ1n) is 4.00. The van der Waals surface area contributed by atoms with E-state index in [2.05, 4.69) is 11.9 Å². The molecule has 0 fully saturated rings. The van der Waals surface area contributed by atoms with Crippen molar-refractivity contribution in [3.8, 4) is 0 Å². The molecule has 0 amide bonds. The number of nitrogens with two attached hydrogens (primary N) is 1. The maximum Gasteiger partial charge on any atom is 0.125 e. The molecule has 0 aliphatic carbocycles. The molecule has 68 valence electrons. The minimum absolute atomic E-state index is 0.466. The van der Waals surface area contributed by atoms with Gasteiger partial charge in [-0.2, -0.15) is 0 Å². The fourth-order valence-electron chi connectivity index (χ4n) is 1.13. The van der Waals surface area contributed by atoms with Crippen molar-refractivity contribution in [3.63, 3.8) is 0 Å². The van der Waals surface area contributed by atoms with Crippen LogP contribution in [0.4, 0.5) is 0 Å². The minimum Gasteiger partial charge on any atom is -0.332 e. The third-order valence-corrected chi connectivity index (χ3v) is 1.96. The van der Waals surface area contributed by atoms with E-state index < -0.39 is 5.60 Å². The number of hydrogen-bond donors (Lipinski definition) is 1. The molecule has 0 atom stereocenters. The summed E-state index contributed by atoms with van der Waals surface area (Å²) in [6, 6.07) is 0. The third-order valence-electron chi connectivity index (χ3n) is 1.96. The second kappa shape index (κ2) is 3.25. The maximum absolute atomic E-state index is 5.18. The fraction of sp³-hybridized carbons (Fsp3) is 0.625. The highest BCUT2D eigenvalue weighted by atomic mass is 16.6. The quantitative estimate of drug-likeness (QED) is 0.687. The number of imidazole rings is 1. The first-order chi connectivity index (χ1) is 5.61. The molecule has 1 aromatic heterocycles. The summed E-state index contributed by atoms with van der Waals surface area (Å²) in [5, 5.41) is 0. The van der Waals surface area contributed by atoms with Crippen molar-refractivity contribution >= 4 is 0 Å². The molecule has 1 heterocycles. The van der Waals surface area contributed by atoms with Gasteiger partial charge in [0.2, 0.25) is 0 Å². The van der Waals surface area contributed by atoms with Crippen LogP contribution in [0, 0.1) is 0 Å². The van der Waals surface area contributed by atoms with Gasteiger partial charge in [-0.05, 0) is 20.8 Å². The van der Waals surface area contributed by atoms with Gasteiger partial charge < -0.3 is 4.57 Å². The smallest absolute Gasteiger partial charge is 0.125 e. The zero-order chi connectivity index (χ0) is 9.19. The number of hydrogen-bond acceptors (Lipinski definition) is 3. The zero-order valence-corrected chi connectivity index (χ0v) is 7.74. The topological polar surface area (TPSA) is 53.1 Å². The van der Waals surface area contributed by atoms with Crippen molar-refractivity contribution < 1.29 is 4.84 Å². The van der Waals surface area contributed by atoms with Crippen LogP contribution in [-0.2, 0) is 17.0 Å². The summed E-state index contributed by atoms with van der Waals surface area (Å²) in [5.74, 6) is 5.18. The number of aromatic nitrogens is 2. The molecule has 0 aromatic carbocycles. The van der Waals surface area contributed by atoms with E-state index in [1.807, 2.05) is 18.4 Å². The number of nitrogens with zero attached hydrogens (tertiary/aromatic N) is 2. The average Bonchev–Trinajstić information content (AvgIpc) is 2.52. The molecule has 0 aliphatic rings. The van der Waals surface area contributed by atoms with Crippen molar-refractivity contribution in [2.75, 3.05) is 0 Å². The molecule has 1 aromatic rings. The zero-order valence-electron chi connectivity index (χ0n) is 7.74. The molecule has 0 saturated carbocycles. The van der Waals surface area contributed by atoms with Crippen LogP contribution in [0.1, 0.15) is 26.5 Å². The van der Waals surface area contributed by atoms with Gasteiger partial charge in [0.05, 0.1) is 18.2 Å². The van der Waals surface area contributed by atoms with Gasteiger partial charge in [0.15, 0.2) is 0 Å². The predicted octanol–water partition coefficient (Wildman–Crippen LogP) is 1.03. The Morgan fingerprint density at radius 2 is 2.33 bits per heavy atom. The lowest BCUT2D eigenvalue weighted by Crippen LogP contribution is -2.28. The Bertz CT molecular complexity index is 255.